The summed E-state index contributed by atoms with van der Waals surface area (Å²) < 4.78 is 9.29. The SMILES string of the molecule is CC(C)(C)C1=CN(c2cc(-c3ccccc3)cc(C(C)(C)c3ccccc3)c2)CN1c1cc(Oc2ccc3c4ccccc4n(-c4cc(C(C)(C)C)ccn4)c3c2)cc(-c2ccccc2)c1. The molecule has 0 amide bonds. The van der Waals surface area contributed by atoms with E-state index in [0.29, 0.717) is 6.67 Å². The molecule has 0 aliphatic carbocycles. The first-order valence-electron chi connectivity index (χ1n) is 23.1. The molecule has 5 nitrogen and oxygen atoms in total. The molecule has 1 aliphatic heterocycles. The molecule has 10 rings (SSSR count). The molecule has 0 fully saturated rings. The number of aromatic nitrogens is 2. The van der Waals surface area contributed by atoms with Crippen molar-refractivity contribution in [2.75, 3.05) is 16.5 Å². The Balaban J connectivity index is 1.07. The van der Waals surface area contributed by atoms with Crippen LogP contribution in [0.15, 0.2) is 200 Å². The van der Waals surface area contributed by atoms with Crippen molar-refractivity contribution >= 4 is 33.2 Å². The van der Waals surface area contributed by atoms with Crippen LogP contribution in [0.2, 0.25) is 0 Å². The van der Waals surface area contributed by atoms with Crippen LogP contribution in [0.4, 0.5) is 11.4 Å². The number of para-hydroxylation sites is 1. The van der Waals surface area contributed by atoms with Crippen molar-refractivity contribution in [3.63, 3.8) is 0 Å². The third-order valence-electron chi connectivity index (χ3n) is 13.2. The van der Waals surface area contributed by atoms with Gasteiger partial charge in [-0.1, -0.05) is 171 Å². The fourth-order valence-electron chi connectivity index (χ4n) is 9.42. The first-order chi connectivity index (χ1) is 31.7. The Hall–Kier alpha value is -7.37. The van der Waals surface area contributed by atoms with Crippen LogP contribution < -0.4 is 14.5 Å². The number of nitrogens with zero attached hydrogens (tertiary/aromatic N) is 4. The lowest BCUT2D eigenvalue weighted by molar-refractivity contribution is 0.481. The molecular weight excluding hydrogens is 805 g/mol. The van der Waals surface area contributed by atoms with Crippen molar-refractivity contribution in [1.82, 2.24) is 9.55 Å². The van der Waals surface area contributed by atoms with E-state index in [-0.39, 0.29) is 16.2 Å². The second-order valence-corrected chi connectivity index (χ2v) is 20.3. The number of ether oxygens (including phenoxy) is 1. The molecule has 0 saturated heterocycles. The summed E-state index contributed by atoms with van der Waals surface area (Å²) in [4.78, 5) is 9.81. The quantitative estimate of drug-likeness (QED) is 0.145. The third kappa shape index (κ3) is 8.15. The number of anilines is 2. The van der Waals surface area contributed by atoms with E-state index in [9.17, 15) is 0 Å². The zero-order valence-electron chi connectivity index (χ0n) is 39.4. The van der Waals surface area contributed by atoms with E-state index in [1.54, 1.807) is 0 Å². The van der Waals surface area contributed by atoms with Crippen molar-refractivity contribution in [1.29, 1.82) is 0 Å². The van der Waals surface area contributed by atoms with Crippen molar-refractivity contribution in [2.24, 2.45) is 5.41 Å². The summed E-state index contributed by atoms with van der Waals surface area (Å²) in [6.45, 7) is 18.9. The molecule has 0 atom stereocenters. The van der Waals surface area contributed by atoms with Crippen LogP contribution in [0.1, 0.15) is 72.1 Å². The lowest BCUT2D eigenvalue weighted by atomic mass is 9.77. The Bertz CT molecular complexity index is 3240. The Morgan fingerprint density at radius 1 is 0.455 bits per heavy atom. The minimum atomic E-state index is -0.225. The van der Waals surface area contributed by atoms with Crippen molar-refractivity contribution in [2.45, 2.75) is 66.2 Å². The predicted octanol–water partition coefficient (Wildman–Crippen LogP) is 16.1. The van der Waals surface area contributed by atoms with E-state index in [2.05, 4.69) is 258 Å². The zero-order valence-corrected chi connectivity index (χ0v) is 39.4. The van der Waals surface area contributed by atoms with Gasteiger partial charge in [-0.05, 0) is 99.0 Å². The van der Waals surface area contributed by atoms with Gasteiger partial charge in [0.05, 0.1) is 17.7 Å². The number of pyridine rings is 1. The highest BCUT2D eigenvalue weighted by atomic mass is 16.5. The fourth-order valence-corrected chi connectivity index (χ4v) is 9.42. The van der Waals surface area contributed by atoms with Crippen LogP contribution in [-0.4, -0.2) is 16.2 Å². The summed E-state index contributed by atoms with van der Waals surface area (Å²) in [7, 11) is 0. The van der Waals surface area contributed by atoms with Crippen molar-refractivity contribution in [3.8, 4) is 39.6 Å². The maximum absolute atomic E-state index is 7.01. The van der Waals surface area contributed by atoms with E-state index >= 15 is 0 Å². The summed E-state index contributed by atoms with van der Waals surface area (Å²) in [5.74, 6) is 2.42. The summed E-state index contributed by atoms with van der Waals surface area (Å²) in [5, 5.41) is 2.34. The maximum Gasteiger partial charge on any atom is 0.137 e. The first kappa shape index (κ1) is 42.6. The van der Waals surface area contributed by atoms with Crippen LogP contribution >= 0.6 is 0 Å². The molecule has 328 valence electrons. The minimum Gasteiger partial charge on any atom is -0.457 e. The van der Waals surface area contributed by atoms with Crippen LogP contribution in [0.3, 0.4) is 0 Å². The molecule has 3 heterocycles. The number of fused-ring (bicyclic) bond motifs is 3. The standard InChI is InChI=1S/C61H58N4O/c1-59(2,3)47-30-31-62-58(37-47)65-55-27-19-18-26-53(55)54-29-28-51(39-56(54)65)66-52-35-45(43-22-14-10-15-23-43)34-50(38-52)64-41-63(40-57(64)60(4,5)6)49-33-44(42-20-12-9-13-21-42)32-48(36-49)61(7,8)46-24-16-11-17-25-46/h9-40H,41H2,1-8H3. The van der Waals surface area contributed by atoms with E-state index in [0.717, 1.165) is 56.2 Å². The van der Waals surface area contributed by atoms with E-state index in [1.165, 1.54) is 38.9 Å². The van der Waals surface area contributed by atoms with Gasteiger partial charge in [0, 0.05) is 63.2 Å². The van der Waals surface area contributed by atoms with E-state index in [1.807, 2.05) is 6.20 Å². The third-order valence-corrected chi connectivity index (χ3v) is 13.2. The lowest BCUT2D eigenvalue weighted by Crippen LogP contribution is -2.30. The minimum absolute atomic E-state index is 0.0188. The highest BCUT2D eigenvalue weighted by Crippen LogP contribution is 2.44. The number of allylic oxidation sites excluding steroid dienone is 1. The molecule has 0 unspecified atom stereocenters. The topological polar surface area (TPSA) is 33.5 Å². The summed E-state index contributed by atoms with van der Waals surface area (Å²) in [6.07, 6.45) is 4.28. The van der Waals surface area contributed by atoms with Gasteiger partial charge in [0.2, 0.25) is 0 Å². The molecule has 66 heavy (non-hydrogen) atoms. The molecule has 9 aromatic rings. The maximum atomic E-state index is 7.01. The van der Waals surface area contributed by atoms with Gasteiger partial charge < -0.3 is 14.5 Å². The first-order valence-corrected chi connectivity index (χ1v) is 23.1. The van der Waals surface area contributed by atoms with Crippen LogP contribution in [0, 0.1) is 5.41 Å². The fraction of sp³-hybridized carbons (Fsp3) is 0.197. The Morgan fingerprint density at radius 3 is 1.76 bits per heavy atom. The van der Waals surface area contributed by atoms with Gasteiger partial charge in [-0.2, -0.15) is 0 Å². The number of hydrogen-bond donors (Lipinski definition) is 0. The Morgan fingerprint density at radius 2 is 1.08 bits per heavy atom. The summed E-state index contributed by atoms with van der Waals surface area (Å²) >= 11 is 0. The number of rotatable bonds is 9. The van der Waals surface area contributed by atoms with Gasteiger partial charge in [-0.3, -0.25) is 4.57 Å². The van der Waals surface area contributed by atoms with E-state index < -0.39 is 0 Å². The molecule has 1 aliphatic rings. The van der Waals surface area contributed by atoms with Crippen molar-refractivity contribution in [3.05, 3.63) is 217 Å². The summed E-state index contributed by atoms with van der Waals surface area (Å²) in [5.41, 5.74) is 13.6. The average molecular weight is 863 g/mol. The monoisotopic (exact) mass is 862 g/mol. The van der Waals surface area contributed by atoms with E-state index in [4.69, 9.17) is 9.72 Å². The predicted molar refractivity (Wildman–Crippen MR) is 277 cm³/mol. The van der Waals surface area contributed by atoms with Crippen LogP contribution in [0.5, 0.6) is 11.5 Å². The Kier molecular flexibility index (Phi) is 10.7. The second-order valence-electron chi connectivity index (χ2n) is 20.3. The van der Waals surface area contributed by atoms with Crippen LogP contribution in [-0.2, 0) is 10.8 Å². The highest BCUT2D eigenvalue weighted by molar-refractivity contribution is 6.09. The normalized spacial score (nSPS) is 13.4. The lowest BCUT2D eigenvalue weighted by Gasteiger charge is -2.32. The van der Waals surface area contributed by atoms with Gasteiger partial charge in [-0.15, -0.1) is 0 Å². The number of hydrogen-bond acceptors (Lipinski definition) is 4. The van der Waals surface area contributed by atoms with Crippen LogP contribution in [0.25, 0.3) is 49.9 Å². The summed E-state index contributed by atoms with van der Waals surface area (Å²) in [6, 6.07) is 65.4. The molecular formula is C61H58N4O. The molecule has 5 heteroatoms. The van der Waals surface area contributed by atoms with Gasteiger partial charge in [0.15, 0.2) is 0 Å². The van der Waals surface area contributed by atoms with Gasteiger partial charge in [0.25, 0.3) is 0 Å². The molecule has 0 saturated carbocycles. The number of benzene rings is 7. The van der Waals surface area contributed by atoms with Gasteiger partial charge >= 0.3 is 0 Å². The van der Waals surface area contributed by atoms with Gasteiger partial charge in [0.1, 0.15) is 17.3 Å². The molecule has 0 spiro atoms. The molecule has 2 aromatic heterocycles. The smallest absolute Gasteiger partial charge is 0.137 e. The molecule has 0 N–H and O–H groups in total. The molecule has 0 bridgehead atoms. The zero-order chi connectivity index (χ0) is 45.8. The second kappa shape index (κ2) is 16.6. The highest BCUT2D eigenvalue weighted by Gasteiger charge is 2.33. The van der Waals surface area contributed by atoms with Gasteiger partial charge in [-0.25, -0.2) is 4.98 Å². The molecule has 0 radical (unpaired) electrons. The molecule has 7 aromatic carbocycles. The Labute approximate surface area is 390 Å². The average Bonchev–Trinajstić information content (AvgIpc) is 3.93. The van der Waals surface area contributed by atoms with Crippen molar-refractivity contribution < 1.29 is 4.74 Å². The largest absolute Gasteiger partial charge is 0.457 e.